The Morgan fingerprint density at radius 1 is 0.690 bits per heavy atom. The SMILES string of the molecule is CC(CCCCNC(=O)CC[C@H](N)C(=O)O)C(=O)NCCOCCOCCOCCn1nnc2c1-c1ccccc1N(C(=O)CCNC(=O)CCCCCC[N+]1=C(/C=C/C=C/C=C3\N(CCCS(=O)(=O)[O-])c4ccc(S(=O)(=O)O)cc4C3(C)C)C(C)(C)c3ccccc31)Cc1ccccc1-2. The van der Waals surface area contributed by atoms with Crippen molar-refractivity contribution < 1.29 is 73.8 Å². The maximum Gasteiger partial charge on any atom is 0.320 e. The number of hydrogen-bond donors (Lipinski definition) is 6. The predicted molar refractivity (Wildman–Crippen MR) is 381 cm³/mol. The van der Waals surface area contributed by atoms with E-state index in [2.05, 4.69) is 62.9 Å². The number of nitrogens with one attached hydrogen (secondary N) is 3. The number of anilines is 2. The molecule has 3 aliphatic rings. The van der Waals surface area contributed by atoms with E-state index < -0.39 is 43.4 Å². The summed E-state index contributed by atoms with van der Waals surface area (Å²) >= 11 is 0. The average molecular weight is 1420 g/mol. The van der Waals surface area contributed by atoms with Crippen molar-refractivity contribution in [1.29, 1.82) is 0 Å². The van der Waals surface area contributed by atoms with Gasteiger partial charge in [-0.1, -0.05) is 118 Å². The van der Waals surface area contributed by atoms with Crippen LogP contribution in [0.25, 0.3) is 22.5 Å². The Labute approximate surface area is 586 Å². The molecule has 8 rings (SSSR count). The summed E-state index contributed by atoms with van der Waals surface area (Å²) in [7, 11) is -8.95. The molecule has 0 spiro atoms. The van der Waals surface area contributed by atoms with E-state index in [0.29, 0.717) is 114 Å². The number of benzene rings is 4. The van der Waals surface area contributed by atoms with E-state index in [1.165, 1.54) is 17.7 Å². The van der Waals surface area contributed by atoms with Crippen molar-refractivity contribution in [2.24, 2.45) is 11.7 Å². The van der Waals surface area contributed by atoms with E-state index in [-0.39, 0.29) is 78.6 Å². The lowest BCUT2D eigenvalue weighted by atomic mass is 9.81. The van der Waals surface area contributed by atoms with Gasteiger partial charge in [0.1, 0.15) is 18.3 Å². The van der Waals surface area contributed by atoms with Crippen molar-refractivity contribution in [1.82, 2.24) is 30.9 Å². The fourth-order valence-electron chi connectivity index (χ4n) is 12.9. The second kappa shape index (κ2) is 36.4. The average Bonchev–Trinajstić information content (AvgIpc) is 1.58. The number of carboxylic acid groups (broad SMARTS) is 1. The van der Waals surface area contributed by atoms with Gasteiger partial charge in [0.15, 0.2) is 5.71 Å². The van der Waals surface area contributed by atoms with E-state index in [1.807, 2.05) is 111 Å². The lowest BCUT2D eigenvalue weighted by Gasteiger charge is -2.29. The molecule has 3 aliphatic heterocycles. The van der Waals surface area contributed by atoms with Crippen molar-refractivity contribution in [3.8, 4) is 22.5 Å². The smallest absolute Gasteiger partial charge is 0.320 e. The van der Waals surface area contributed by atoms with Crippen LogP contribution < -0.4 is 31.5 Å². The normalized spacial score (nSPS) is 15.6. The molecule has 0 saturated heterocycles. The first kappa shape index (κ1) is 77.5. The molecule has 7 N–H and O–H groups in total. The van der Waals surface area contributed by atoms with Crippen molar-refractivity contribution in [3.05, 3.63) is 144 Å². The molecule has 1 aromatic heterocycles. The molecule has 540 valence electrons. The van der Waals surface area contributed by atoms with Crippen LogP contribution in [0.3, 0.4) is 0 Å². The summed E-state index contributed by atoms with van der Waals surface area (Å²) in [6.45, 7) is 14.7. The summed E-state index contributed by atoms with van der Waals surface area (Å²) in [6, 6.07) is 27.2. The van der Waals surface area contributed by atoms with Crippen molar-refractivity contribution >= 4 is 72.6 Å². The Hall–Kier alpha value is -8.28. The van der Waals surface area contributed by atoms with E-state index in [9.17, 15) is 49.9 Å². The number of hydrogen-bond acceptors (Lipinski definition) is 17. The third-order valence-corrected chi connectivity index (χ3v) is 20.0. The molecule has 1 unspecified atom stereocenters. The van der Waals surface area contributed by atoms with Gasteiger partial charge in [-0.25, -0.2) is 13.1 Å². The summed E-state index contributed by atoms with van der Waals surface area (Å²) < 4.78 is 90.2. The highest BCUT2D eigenvalue weighted by Crippen LogP contribution is 2.49. The van der Waals surface area contributed by atoms with Gasteiger partial charge in [-0.05, 0) is 93.8 Å². The largest absolute Gasteiger partial charge is 0.748 e. The van der Waals surface area contributed by atoms with Crippen LogP contribution in [0, 0.1) is 5.92 Å². The van der Waals surface area contributed by atoms with E-state index in [4.69, 9.17) is 25.1 Å². The molecule has 2 atom stereocenters. The van der Waals surface area contributed by atoms with Crippen LogP contribution in [0.5, 0.6) is 0 Å². The van der Waals surface area contributed by atoms with Gasteiger partial charge in [-0.15, -0.1) is 5.10 Å². The van der Waals surface area contributed by atoms with Crippen molar-refractivity contribution in [2.45, 2.75) is 147 Å². The lowest BCUT2D eigenvalue weighted by molar-refractivity contribution is -0.438. The topological polar surface area (TPSA) is 347 Å². The third-order valence-electron chi connectivity index (χ3n) is 18.3. The number of carboxylic acids is 1. The molecule has 25 nitrogen and oxygen atoms in total. The minimum Gasteiger partial charge on any atom is -0.748 e. The van der Waals surface area contributed by atoms with Gasteiger partial charge in [-0.2, -0.15) is 13.0 Å². The first-order valence-electron chi connectivity index (χ1n) is 34.3. The zero-order valence-corrected chi connectivity index (χ0v) is 59.5. The van der Waals surface area contributed by atoms with Crippen LogP contribution in [-0.2, 0) is 82.3 Å². The number of allylic oxidation sites excluding steroid dienone is 6. The van der Waals surface area contributed by atoms with Crippen LogP contribution in [-0.4, -0.2) is 170 Å². The molecule has 4 amide bonds. The Morgan fingerprint density at radius 2 is 1.37 bits per heavy atom. The molecule has 0 fully saturated rings. The fourth-order valence-corrected chi connectivity index (χ4v) is 13.9. The van der Waals surface area contributed by atoms with Gasteiger partial charge < -0.3 is 55.4 Å². The van der Waals surface area contributed by atoms with Crippen LogP contribution in [0.4, 0.5) is 17.1 Å². The molecule has 4 aromatic carbocycles. The van der Waals surface area contributed by atoms with Crippen LogP contribution in [0.15, 0.2) is 132 Å². The standard InChI is InChI=1S/C73H96N10O15S2/c1-52(22-18-19-37-75-66(85)35-33-59(74)71(88)89)70(87)77-39-43-96-45-47-98-48-46-97-44-42-83-69-56-25-14-16-27-60(56)82(51-53-23-12-13-24-55(53)68(69)78-79-83)67(86)36-38-76-65(84)31-11-6-7-20-40-80-61-28-17-15-26-57(61)72(2,3)63(80)29-9-8-10-30-64-73(4,5)58-50-54(100(93,94)95)32-34-62(58)81(64)41-21-49-99(90,91)92/h8-10,12-17,23-30,32,34,50,52,59H,6-7,11,18-22,31,33,35-49,51,74H2,1-5H3,(H5-,75,76,77,84,85,87,88,89,90,91,92,93,94,95)/t52?,59-/m0/s1. The third kappa shape index (κ3) is 21.2. The number of amides is 4. The second-order valence-electron chi connectivity index (χ2n) is 26.3. The van der Waals surface area contributed by atoms with E-state index >= 15 is 0 Å². The second-order valence-corrected chi connectivity index (χ2v) is 29.3. The number of carbonyl (C=O) groups excluding carboxylic acids is 4. The number of ether oxygens (including phenoxy) is 3. The molecule has 0 radical (unpaired) electrons. The first-order chi connectivity index (χ1) is 47.8. The number of carbonyl (C=O) groups is 5. The number of aliphatic carboxylic acids is 1. The summed E-state index contributed by atoms with van der Waals surface area (Å²) in [6.07, 6.45) is 15.8. The maximum absolute atomic E-state index is 14.4. The fraction of sp³-hybridized carbons (Fsp3) is 0.479. The van der Waals surface area contributed by atoms with Crippen LogP contribution in [0.1, 0.15) is 128 Å². The zero-order valence-electron chi connectivity index (χ0n) is 57.9. The highest BCUT2D eigenvalue weighted by Gasteiger charge is 2.44. The number of nitrogens with zero attached hydrogens (tertiary/aromatic N) is 6. The lowest BCUT2D eigenvalue weighted by Crippen LogP contribution is -2.35. The number of aromatic nitrogens is 3. The number of para-hydroxylation sites is 2. The Morgan fingerprint density at radius 3 is 2.12 bits per heavy atom. The monoisotopic (exact) mass is 1420 g/mol. The number of fused-ring (bicyclic) bond motifs is 7. The highest BCUT2D eigenvalue weighted by molar-refractivity contribution is 7.86. The van der Waals surface area contributed by atoms with Crippen LogP contribution >= 0.6 is 0 Å². The molecular weight excluding hydrogens is 1320 g/mol. The quantitative estimate of drug-likeness (QED) is 0.00930. The predicted octanol–water partition coefficient (Wildman–Crippen LogP) is 8.25. The van der Waals surface area contributed by atoms with Gasteiger partial charge in [0.05, 0.1) is 84.5 Å². The molecule has 4 heterocycles. The number of unbranched alkanes of at least 4 members (excludes halogenated alkanes) is 4. The Bertz CT molecular complexity index is 4050. The summed E-state index contributed by atoms with van der Waals surface area (Å²) in [5, 5.41) is 26.7. The summed E-state index contributed by atoms with van der Waals surface area (Å²) in [5.41, 5.74) is 14.6. The highest BCUT2D eigenvalue weighted by atomic mass is 32.2. The number of rotatable bonds is 40. The maximum atomic E-state index is 14.4. The molecule has 0 saturated carbocycles. The molecule has 5 aromatic rings. The Balaban J connectivity index is 0.757. The summed E-state index contributed by atoms with van der Waals surface area (Å²) in [4.78, 5) is 66.3. The van der Waals surface area contributed by atoms with E-state index in [0.717, 1.165) is 71.7 Å². The van der Waals surface area contributed by atoms with Crippen molar-refractivity contribution in [3.63, 3.8) is 0 Å². The van der Waals surface area contributed by atoms with Gasteiger partial charge in [0.2, 0.25) is 29.3 Å². The molecule has 100 heavy (non-hydrogen) atoms. The minimum atomic E-state index is -4.49. The zero-order chi connectivity index (χ0) is 72.0. The minimum absolute atomic E-state index is 0.0466. The molecule has 0 aliphatic carbocycles. The molecule has 0 bridgehead atoms. The first-order valence-corrected chi connectivity index (χ1v) is 37.4. The van der Waals surface area contributed by atoms with Crippen LogP contribution in [0.2, 0.25) is 0 Å². The Kier molecular flexibility index (Phi) is 28.2. The molecule has 27 heteroatoms. The van der Waals surface area contributed by atoms with E-state index in [1.54, 1.807) is 15.6 Å². The van der Waals surface area contributed by atoms with Gasteiger partial charge in [0.25, 0.3) is 10.1 Å². The van der Waals surface area contributed by atoms with Crippen molar-refractivity contribution in [2.75, 3.05) is 87.9 Å². The number of nitrogens with two attached hydrogens (primary N) is 1. The van der Waals surface area contributed by atoms with Gasteiger partial charge >= 0.3 is 5.97 Å². The summed E-state index contributed by atoms with van der Waals surface area (Å²) in [5.74, 6) is -2.48. The van der Waals surface area contributed by atoms with Gasteiger partial charge in [-0.3, -0.25) is 28.5 Å². The van der Waals surface area contributed by atoms with Gasteiger partial charge in [0, 0.05) is 109 Å². The molecular formula is C73H96N10O15S2.